The molecular weight excluding hydrogens is 236 g/mol. The van der Waals surface area contributed by atoms with Crippen molar-refractivity contribution in [3.05, 3.63) is 53.5 Å². The first-order valence-corrected chi connectivity index (χ1v) is 6.89. The molecule has 0 atom stereocenters. The van der Waals surface area contributed by atoms with Crippen molar-refractivity contribution >= 4 is 0 Å². The van der Waals surface area contributed by atoms with Gasteiger partial charge < -0.3 is 4.74 Å². The highest BCUT2D eigenvalue weighted by Crippen LogP contribution is 2.42. The first-order valence-electron chi connectivity index (χ1n) is 6.89. The van der Waals surface area contributed by atoms with Crippen LogP contribution in [0.5, 0.6) is 5.88 Å². The van der Waals surface area contributed by atoms with Crippen LogP contribution in [0.25, 0.3) is 0 Å². The molecular formula is C16H18N2O. The van der Waals surface area contributed by atoms with E-state index in [0.717, 1.165) is 17.9 Å². The molecule has 1 saturated carbocycles. The van der Waals surface area contributed by atoms with Crippen LogP contribution in [0.1, 0.15) is 42.5 Å². The van der Waals surface area contributed by atoms with Gasteiger partial charge in [-0.2, -0.15) is 0 Å². The van der Waals surface area contributed by atoms with Gasteiger partial charge in [-0.1, -0.05) is 37.3 Å². The molecule has 0 spiro atoms. The predicted molar refractivity (Wildman–Crippen MR) is 74.2 cm³/mol. The van der Waals surface area contributed by atoms with Crippen LogP contribution in [0, 0.1) is 0 Å². The van der Waals surface area contributed by atoms with E-state index in [1.807, 2.05) is 18.2 Å². The van der Waals surface area contributed by atoms with Gasteiger partial charge >= 0.3 is 0 Å². The zero-order valence-corrected chi connectivity index (χ0v) is 11.2. The zero-order chi connectivity index (χ0) is 13.1. The normalized spacial score (nSPS) is 14.4. The van der Waals surface area contributed by atoms with Crippen LogP contribution < -0.4 is 4.74 Å². The van der Waals surface area contributed by atoms with Gasteiger partial charge in [0.05, 0.1) is 5.69 Å². The number of nitrogens with zero attached hydrogens (tertiary/aromatic N) is 2. The first-order chi connectivity index (χ1) is 9.38. The van der Waals surface area contributed by atoms with E-state index in [0.29, 0.717) is 12.5 Å². The molecule has 1 aliphatic carbocycles. The van der Waals surface area contributed by atoms with E-state index < -0.39 is 0 Å². The SMILES string of the molecule is CCc1c(OCc2ccccc2)ncnc1C1CC1. The van der Waals surface area contributed by atoms with Crippen molar-refractivity contribution in [2.75, 3.05) is 0 Å². The first kappa shape index (κ1) is 12.2. The molecule has 1 heterocycles. The summed E-state index contributed by atoms with van der Waals surface area (Å²) >= 11 is 0. The Morgan fingerprint density at radius 3 is 2.63 bits per heavy atom. The van der Waals surface area contributed by atoms with Gasteiger partial charge in [0.1, 0.15) is 12.9 Å². The molecule has 98 valence electrons. The summed E-state index contributed by atoms with van der Waals surface area (Å²) in [6.07, 6.45) is 5.06. The molecule has 19 heavy (non-hydrogen) atoms. The lowest BCUT2D eigenvalue weighted by molar-refractivity contribution is 0.289. The molecule has 3 rings (SSSR count). The molecule has 1 aromatic carbocycles. The summed E-state index contributed by atoms with van der Waals surface area (Å²) in [6, 6.07) is 10.2. The number of benzene rings is 1. The van der Waals surface area contributed by atoms with Crippen LogP contribution in [0.2, 0.25) is 0 Å². The van der Waals surface area contributed by atoms with Crippen LogP contribution in [-0.4, -0.2) is 9.97 Å². The molecule has 0 aliphatic heterocycles. The molecule has 0 amide bonds. The fourth-order valence-electron chi connectivity index (χ4n) is 2.30. The van der Waals surface area contributed by atoms with Gasteiger partial charge in [-0.15, -0.1) is 0 Å². The minimum absolute atomic E-state index is 0.564. The standard InChI is InChI=1S/C16H18N2O/c1-2-14-15(13-8-9-13)17-11-18-16(14)19-10-12-6-4-3-5-7-12/h3-7,11,13H,2,8-10H2,1H3. The quantitative estimate of drug-likeness (QED) is 0.819. The summed E-state index contributed by atoms with van der Waals surface area (Å²) in [7, 11) is 0. The molecule has 2 aromatic rings. The fourth-order valence-corrected chi connectivity index (χ4v) is 2.30. The minimum atomic E-state index is 0.564. The van der Waals surface area contributed by atoms with Crippen molar-refractivity contribution in [2.24, 2.45) is 0 Å². The second kappa shape index (κ2) is 5.39. The Hall–Kier alpha value is -1.90. The summed E-state index contributed by atoms with van der Waals surface area (Å²) in [5, 5.41) is 0. The number of hydrogen-bond donors (Lipinski definition) is 0. The lowest BCUT2D eigenvalue weighted by Crippen LogP contribution is -2.04. The molecule has 0 unspecified atom stereocenters. The molecule has 1 fully saturated rings. The lowest BCUT2D eigenvalue weighted by atomic mass is 10.1. The zero-order valence-electron chi connectivity index (χ0n) is 11.2. The molecule has 0 saturated heterocycles. The second-order valence-corrected chi connectivity index (χ2v) is 4.94. The van der Waals surface area contributed by atoms with Crippen LogP contribution in [0.15, 0.2) is 36.7 Å². The van der Waals surface area contributed by atoms with Crippen molar-refractivity contribution in [1.82, 2.24) is 9.97 Å². The lowest BCUT2D eigenvalue weighted by Gasteiger charge is -2.12. The molecule has 3 nitrogen and oxygen atoms in total. The van der Waals surface area contributed by atoms with E-state index in [9.17, 15) is 0 Å². The van der Waals surface area contributed by atoms with Gasteiger partial charge in [-0.05, 0) is 24.8 Å². The van der Waals surface area contributed by atoms with Crippen molar-refractivity contribution in [3.8, 4) is 5.88 Å². The summed E-state index contributed by atoms with van der Waals surface area (Å²) in [4.78, 5) is 8.74. The van der Waals surface area contributed by atoms with Crippen LogP contribution in [0.3, 0.4) is 0 Å². The minimum Gasteiger partial charge on any atom is -0.473 e. The maximum absolute atomic E-state index is 5.88. The Morgan fingerprint density at radius 2 is 1.95 bits per heavy atom. The van der Waals surface area contributed by atoms with E-state index in [2.05, 4.69) is 29.0 Å². The second-order valence-electron chi connectivity index (χ2n) is 4.94. The van der Waals surface area contributed by atoms with Gasteiger partial charge in [0.15, 0.2) is 0 Å². The van der Waals surface area contributed by atoms with Gasteiger partial charge in [-0.3, -0.25) is 0 Å². The summed E-state index contributed by atoms with van der Waals surface area (Å²) in [6.45, 7) is 2.70. The Labute approximate surface area is 113 Å². The van der Waals surface area contributed by atoms with E-state index in [1.165, 1.54) is 24.1 Å². The van der Waals surface area contributed by atoms with Crippen molar-refractivity contribution in [3.63, 3.8) is 0 Å². The highest BCUT2D eigenvalue weighted by molar-refractivity contribution is 5.34. The average molecular weight is 254 g/mol. The highest BCUT2D eigenvalue weighted by Gasteiger charge is 2.28. The Balaban J connectivity index is 1.78. The third kappa shape index (κ3) is 2.75. The van der Waals surface area contributed by atoms with E-state index in [-0.39, 0.29) is 0 Å². The Bertz CT molecular complexity index is 550. The van der Waals surface area contributed by atoms with E-state index in [1.54, 1.807) is 6.33 Å². The fraction of sp³-hybridized carbons (Fsp3) is 0.375. The average Bonchev–Trinajstić information content (AvgIpc) is 3.30. The Morgan fingerprint density at radius 1 is 1.16 bits per heavy atom. The number of aromatic nitrogens is 2. The maximum atomic E-state index is 5.88. The predicted octanol–water partition coefficient (Wildman–Crippen LogP) is 3.50. The molecule has 0 radical (unpaired) electrons. The van der Waals surface area contributed by atoms with E-state index in [4.69, 9.17) is 4.74 Å². The third-order valence-electron chi connectivity index (χ3n) is 3.48. The van der Waals surface area contributed by atoms with E-state index >= 15 is 0 Å². The number of hydrogen-bond acceptors (Lipinski definition) is 3. The smallest absolute Gasteiger partial charge is 0.220 e. The summed E-state index contributed by atoms with van der Waals surface area (Å²) < 4.78 is 5.88. The molecule has 3 heteroatoms. The highest BCUT2D eigenvalue weighted by atomic mass is 16.5. The third-order valence-corrected chi connectivity index (χ3v) is 3.48. The van der Waals surface area contributed by atoms with Gasteiger partial charge in [0.2, 0.25) is 5.88 Å². The monoisotopic (exact) mass is 254 g/mol. The molecule has 1 aromatic heterocycles. The van der Waals surface area contributed by atoms with Crippen LogP contribution >= 0.6 is 0 Å². The summed E-state index contributed by atoms with van der Waals surface area (Å²) in [5.41, 5.74) is 3.54. The maximum Gasteiger partial charge on any atom is 0.220 e. The van der Waals surface area contributed by atoms with Crippen LogP contribution in [-0.2, 0) is 13.0 Å². The molecule has 1 aliphatic rings. The van der Waals surface area contributed by atoms with Gasteiger partial charge in [0.25, 0.3) is 0 Å². The topological polar surface area (TPSA) is 35.0 Å². The Kier molecular flexibility index (Phi) is 3.45. The van der Waals surface area contributed by atoms with Gasteiger partial charge in [-0.25, -0.2) is 9.97 Å². The largest absolute Gasteiger partial charge is 0.473 e. The van der Waals surface area contributed by atoms with Crippen molar-refractivity contribution < 1.29 is 4.74 Å². The van der Waals surface area contributed by atoms with Crippen molar-refractivity contribution in [1.29, 1.82) is 0 Å². The number of rotatable bonds is 5. The summed E-state index contributed by atoms with van der Waals surface area (Å²) in [5.74, 6) is 1.39. The van der Waals surface area contributed by atoms with Gasteiger partial charge in [0, 0.05) is 11.5 Å². The number of ether oxygens (including phenoxy) is 1. The van der Waals surface area contributed by atoms with Crippen LogP contribution in [0.4, 0.5) is 0 Å². The molecule has 0 N–H and O–H groups in total. The molecule has 0 bridgehead atoms. The van der Waals surface area contributed by atoms with Crippen molar-refractivity contribution in [2.45, 2.75) is 38.7 Å².